The number of nitrogens with one attached hydrogen (secondary N) is 1. The predicted octanol–water partition coefficient (Wildman–Crippen LogP) is 3.61. The van der Waals surface area contributed by atoms with E-state index in [1.807, 2.05) is 54.9 Å². The molecule has 1 aliphatic heterocycles. The van der Waals surface area contributed by atoms with Gasteiger partial charge in [0.2, 0.25) is 15.9 Å². The van der Waals surface area contributed by atoms with Gasteiger partial charge in [0.15, 0.2) is 0 Å². The Morgan fingerprint density at radius 1 is 1.10 bits per heavy atom. The van der Waals surface area contributed by atoms with Crippen LogP contribution in [-0.2, 0) is 21.4 Å². The number of sulfonamides is 1. The van der Waals surface area contributed by atoms with E-state index in [1.54, 1.807) is 22.5 Å². The largest absolute Gasteiger partial charge is 0.350 e. The Morgan fingerprint density at radius 3 is 2.57 bits per heavy atom. The van der Waals surface area contributed by atoms with Crippen molar-refractivity contribution in [1.82, 2.24) is 14.2 Å². The maximum atomic E-state index is 12.8. The van der Waals surface area contributed by atoms with Gasteiger partial charge in [-0.3, -0.25) is 4.79 Å². The quantitative estimate of drug-likeness (QED) is 0.656. The first-order chi connectivity index (χ1) is 14.4. The summed E-state index contributed by atoms with van der Waals surface area (Å²) in [4.78, 5) is 13.0. The third-order valence-corrected chi connectivity index (χ3v) is 7.80. The molecule has 30 heavy (non-hydrogen) atoms. The van der Waals surface area contributed by atoms with E-state index in [4.69, 9.17) is 0 Å². The summed E-state index contributed by atoms with van der Waals surface area (Å²) in [5, 5.41) is 3.82. The SMILES string of the molecule is Cc1ccccc1CNC(=O)[C@@H](C)n1ccc2cc(S(=O)(=O)N3CCCC3)ccc21. The Kier molecular flexibility index (Phi) is 5.66. The van der Waals surface area contributed by atoms with Crippen LogP contribution in [0.1, 0.15) is 36.9 Å². The van der Waals surface area contributed by atoms with Crippen LogP contribution in [0.25, 0.3) is 10.9 Å². The maximum absolute atomic E-state index is 12.8. The lowest BCUT2D eigenvalue weighted by Crippen LogP contribution is -2.30. The van der Waals surface area contributed by atoms with E-state index in [1.165, 1.54) is 0 Å². The van der Waals surface area contributed by atoms with Crippen molar-refractivity contribution in [3.05, 3.63) is 65.9 Å². The van der Waals surface area contributed by atoms with Gasteiger partial charge in [-0.2, -0.15) is 4.31 Å². The van der Waals surface area contributed by atoms with Crippen LogP contribution >= 0.6 is 0 Å². The lowest BCUT2D eigenvalue weighted by atomic mass is 10.1. The first-order valence-corrected chi connectivity index (χ1v) is 11.7. The minimum absolute atomic E-state index is 0.0792. The highest BCUT2D eigenvalue weighted by molar-refractivity contribution is 7.89. The molecule has 1 fully saturated rings. The molecule has 0 radical (unpaired) electrons. The average Bonchev–Trinajstić information content (AvgIpc) is 3.42. The Balaban J connectivity index is 1.53. The van der Waals surface area contributed by atoms with Crippen LogP contribution in [-0.4, -0.2) is 36.3 Å². The molecule has 2 aromatic carbocycles. The fourth-order valence-corrected chi connectivity index (χ4v) is 5.54. The highest BCUT2D eigenvalue weighted by atomic mass is 32.2. The van der Waals surface area contributed by atoms with E-state index < -0.39 is 16.1 Å². The van der Waals surface area contributed by atoms with E-state index >= 15 is 0 Å². The Hall–Kier alpha value is -2.64. The molecule has 0 unspecified atom stereocenters. The normalized spacial score (nSPS) is 16.1. The molecule has 0 aliphatic carbocycles. The Bertz CT molecular complexity index is 1180. The molecule has 1 aliphatic rings. The van der Waals surface area contributed by atoms with E-state index in [2.05, 4.69) is 5.32 Å². The molecule has 2 heterocycles. The molecule has 1 atom stereocenters. The number of aromatic nitrogens is 1. The van der Waals surface area contributed by atoms with Gasteiger partial charge in [-0.1, -0.05) is 24.3 Å². The van der Waals surface area contributed by atoms with Crippen molar-refractivity contribution in [3.63, 3.8) is 0 Å². The topological polar surface area (TPSA) is 71.4 Å². The lowest BCUT2D eigenvalue weighted by molar-refractivity contribution is -0.123. The number of carbonyl (C=O) groups excluding carboxylic acids is 1. The van der Waals surface area contributed by atoms with Gasteiger partial charge in [-0.25, -0.2) is 8.42 Å². The van der Waals surface area contributed by atoms with Gasteiger partial charge in [0, 0.05) is 36.7 Å². The van der Waals surface area contributed by atoms with E-state index in [0.717, 1.165) is 34.9 Å². The monoisotopic (exact) mass is 425 g/mol. The van der Waals surface area contributed by atoms with Gasteiger partial charge in [0.05, 0.1) is 4.90 Å². The maximum Gasteiger partial charge on any atom is 0.243 e. The molecule has 0 spiro atoms. The number of rotatable bonds is 6. The molecule has 0 saturated carbocycles. The summed E-state index contributed by atoms with van der Waals surface area (Å²) in [5.41, 5.74) is 3.07. The van der Waals surface area contributed by atoms with Gasteiger partial charge >= 0.3 is 0 Å². The van der Waals surface area contributed by atoms with E-state index in [0.29, 0.717) is 24.5 Å². The molecule has 3 aromatic rings. The van der Waals surface area contributed by atoms with Crippen molar-refractivity contribution in [1.29, 1.82) is 0 Å². The van der Waals surface area contributed by atoms with Crippen LogP contribution in [0.4, 0.5) is 0 Å². The smallest absolute Gasteiger partial charge is 0.243 e. The lowest BCUT2D eigenvalue weighted by Gasteiger charge is -2.17. The molecule has 1 saturated heterocycles. The minimum atomic E-state index is -3.46. The van der Waals surface area contributed by atoms with Crippen molar-refractivity contribution < 1.29 is 13.2 Å². The zero-order chi connectivity index (χ0) is 21.3. The molecular formula is C23H27N3O3S. The van der Waals surface area contributed by atoms with Crippen molar-refractivity contribution in [2.75, 3.05) is 13.1 Å². The number of benzene rings is 2. The molecule has 1 N–H and O–H groups in total. The van der Waals surface area contributed by atoms with Gasteiger partial charge in [0.25, 0.3) is 0 Å². The van der Waals surface area contributed by atoms with Gasteiger partial charge in [0.1, 0.15) is 6.04 Å². The van der Waals surface area contributed by atoms with Crippen LogP contribution in [0.3, 0.4) is 0 Å². The standard InChI is InChI=1S/C23H27N3O3S/c1-17-7-3-4-8-20(17)16-24-23(27)18(2)26-14-11-19-15-21(9-10-22(19)26)30(28,29)25-12-5-6-13-25/h3-4,7-11,14-15,18H,5-6,12-13,16H2,1-2H3,(H,24,27)/t18-/m1/s1. The van der Waals surface area contributed by atoms with E-state index in [-0.39, 0.29) is 5.91 Å². The third kappa shape index (κ3) is 3.87. The second-order valence-corrected chi connectivity index (χ2v) is 9.81. The van der Waals surface area contributed by atoms with Crippen LogP contribution in [0.15, 0.2) is 59.6 Å². The average molecular weight is 426 g/mol. The molecule has 1 aromatic heterocycles. The number of fused-ring (bicyclic) bond motifs is 1. The Labute approximate surface area is 177 Å². The summed E-state index contributed by atoms with van der Waals surface area (Å²) in [5.74, 6) is -0.0792. The fraction of sp³-hybridized carbons (Fsp3) is 0.348. The number of nitrogens with zero attached hydrogens (tertiary/aromatic N) is 2. The van der Waals surface area contributed by atoms with Crippen molar-refractivity contribution in [2.45, 2.75) is 44.2 Å². The molecule has 158 valence electrons. The second kappa shape index (κ2) is 8.24. The third-order valence-electron chi connectivity index (χ3n) is 5.91. The Morgan fingerprint density at radius 2 is 1.83 bits per heavy atom. The number of carbonyl (C=O) groups is 1. The zero-order valence-electron chi connectivity index (χ0n) is 17.3. The zero-order valence-corrected chi connectivity index (χ0v) is 18.2. The predicted molar refractivity (Wildman–Crippen MR) is 118 cm³/mol. The fourth-order valence-electron chi connectivity index (χ4n) is 3.98. The van der Waals surface area contributed by atoms with Crippen LogP contribution in [0, 0.1) is 6.92 Å². The molecule has 7 heteroatoms. The molecule has 6 nitrogen and oxygen atoms in total. The van der Waals surface area contributed by atoms with Crippen molar-refractivity contribution in [2.24, 2.45) is 0 Å². The molecule has 4 rings (SSSR count). The first-order valence-electron chi connectivity index (χ1n) is 10.3. The minimum Gasteiger partial charge on any atom is -0.350 e. The van der Waals surface area contributed by atoms with Crippen molar-refractivity contribution in [3.8, 4) is 0 Å². The van der Waals surface area contributed by atoms with Crippen molar-refractivity contribution >= 4 is 26.8 Å². The summed E-state index contributed by atoms with van der Waals surface area (Å²) in [6.07, 6.45) is 3.66. The summed E-state index contributed by atoms with van der Waals surface area (Å²) in [6, 6.07) is 14.6. The number of amides is 1. The molecular weight excluding hydrogens is 398 g/mol. The first kappa shape index (κ1) is 20.6. The summed E-state index contributed by atoms with van der Waals surface area (Å²) < 4.78 is 29.1. The van der Waals surface area contributed by atoms with Gasteiger partial charge in [-0.15, -0.1) is 0 Å². The van der Waals surface area contributed by atoms with Crippen LogP contribution in [0.2, 0.25) is 0 Å². The van der Waals surface area contributed by atoms with Crippen LogP contribution in [0.5, 0.6) is 0 Å². The number of hydrogen-bond acceptors (Lipinski definition) is 3. The summed E-state index contributed by atoms with van der Waals surface area (Å²) >= 11 is 0. The van der Waals surface area contributed by atoms with Gasteiger partial charge in [-0.05, 0) is 62.1 Å². The molecule has 1 amide bonds. The second-order valence-electron chi connectivity index (χ2n) is 7.88. The highest BCUT2D eigenvalue weighted by Gasteiger charge is 2.27. The van der Waals surface area contributed by atoms with Crippen LogP contribution < -0.4 is 5.32 Å². The summed E-state index contributed by atoms with van der Waals surface area (Å²) in [7, 11) is -3.46. The molecule has 0 bridgehead atoms. The van der Waals surface area contributed by atoms with Gasteiger partial charge < -0.3 is 9.88 Å². The highest BCUT2D eigenvalue weighted by Crippen LogP contribution is 2.27. The number of hydrogen-bond donors (Lipinski definition) is 1. The summed E-state index contributed by atoms with van der Waals surface area (Å²) in [6.45, 7) is 5.52. The number of aryl methyl sites for hydroxylation is 1. The van der Waals surface area contributed by atoms with E-state index in [9.17, 15) is 13.2 Å².